The second-order valence-corrected chi connectivity index (χ2v) is 10.5. The largest absolute Gasteiger partial charge is 0.379 e. The number of likely N-dealkylation sites (tertiary alicyclic amines) is 1. The van der Waals surface area contributed by atoms with Crippen LogP contribution >= 0.6 is 0 Å². The van der Waals surface area contributed by atoms with E-state index in [1.165, 1.54) is 16.6 Å². The molecule has 0 aromatic carbocycles. The van der Waals surface area contributed by atoms with E-state index < -0.39 is 0 Å². The minimum Gasteiger partial charge on any atom is -0.379 e. The Balaban J connectivity index is 1.17. The van der Waals surface area contributed by atoms with Crippen LogP contribution in [0.2, 0.25) is 0 Å². The van der Waals surface area contributed by atoms with Gasteiger partial charge in [-0.15, -0.1) is 0 Å². The Morgan fingerprint density at radius 3 is 2.56 bits per heavy atom. The van der Waals surface area contributed by atoms with Crippen molar-refractivity contribution in [3.05, 3.63) is 29.6 Å². The molecule has 2 aliphatic heterocycles. The third-order valence-electron chi connectivity index (χ3n) is 8.07. The highest BCUT2D eigenvalue weighted by atomic mass is 16.5. The number of hydrogen-bond acceptors (Lipinski definition) is 8. The first-order chi connectivity index (χ1) is 18.9. The molecule has 1 fully saturated rings. The van der Waals surface area contributed by atoms with Crippen LogP contribution in [-0.2, 0) is 32.2 Å². The maximum Gasteiger partial charge on any atom is 0.224 e. The van der Waals surface area contributed by atoms with Gasteiger partial charge in [-0.25, -0.2) is 15.0 Å². The molecule has 11 heteroatoms. The van der Waals surface area contributed by atoms with Crippen LogP contribution in [0.4, 0.5) is 0 Å². The molecule has 4 rings (SSSR count). The lowest BCUT2D eigenvalue weighted by molar-refractivity contribution is -0.132. The summed E-state index contributed by atoms with van der Waals surface area (Å²) in [6.07, 6.45) is 4.60. The van der Waals surface area contributed by atoms with Crippen molar-refractivity contribution >= 4 is 22.8 Å². The number of fused-ring (bicyclic) bond motifs is 3. The number of aryl methyl sites for hydroxylation is 1. The second kappa shape index (κ2) is 14.2. The van der Waals surface area contributed by atoms with E-state index in [1.807, 2.05) is 17.2 Å². The number of aromatic nitrogens is 2. The van der Waals surface area contributed by atoms with Gasteiger partial charge in [-0.3, -0.25) is 9.59 Å². The van der Waals surface area contributed by atoms with E-state index in [-0.39, 0.29) is 17.9 Å². The number of carbonyl (C=O) groups excluding carboxylic acids is 2. The molecule has 2 aromatic rings. The van der Waals surface area contributed by atoms with Gasteiger partial charge in [-0.1, -0.05) is 0 Å². The Labute approximate surface area is 231 Å². The number of nitrogens with one attached hydrogen (secondary N) is 2. The Morgan fingerprint density at radius 1 is 1.08 bits per heavy atom. The number of hydrogen-bond donors (Lipinski definition) is 2. The highest BCUT2D eigenvalue weighted by molar-refractivity contribution is 5.83. The fourth-order valence-electron chi connectivity index (χ4n) is 5.58. The van der Waals surface area contributed by atoms with Gasteiger partial charge in [0, 0.05) is 95.1 Å². The lowest BCUT2D eigenvalue weighted by Crippen LogP contribution is -2.45. The van der Waals surface area contributed by atoms with E-state index >= 15 is 0 Å². The minimum absolute atomic E-state index is 0.0193. The summed E-state index contributed by atoms with van der Waals surface area (Å²) in [5.74, 6) is 0.197. The zero-order chi connectivity index (χ0) is 27.8. The smallest absolute Gasteiger partial charge is 0.224 e. The van der Waals surface area contributed by atoms with Crippen LogP contribution in [0.5, 0.6) is 0 Å². The van der Waals surface area contributed by atoms with Gasteiger partial charge in [0.25, 0.3) is 0 Å². The maximum absolute atomic E-state index is 13.1. The average Bonchev–Trinajstić information content (AvgIpc) is 3.26. The molecule has 0 saturated carbocycles. The molecule has 39 heavy (non-hydrogen) atoms. The zero-order valence-corrected chi connectivity index (χ0v) is 23.9. The maximum atomic E-state index is 13.1. The number of ether oxygens (including phenoxy) is 2. The van der Waals surface area contributed by atoms with Gasteiger partial charge in [0.2, 0.25) is 11.8 Å². The summed E-state index contributed by atoms with van der Waals surface area (Å²) in [5, 5.41) is 11.8. The summed E-state index contributed by atoms with van der Waals surface area (Å²) in [6.45, 7) is 8.06. The van der Waals surface area contributed by atoms with Crippen molar-refractivity contribution in [2.75, 3.05) is 67.2 Å². The predicted molar refractivity (Wildman–Crippen MR) is 150 cm³/mol. The van der Waals surface area contributed by atoms with Gasteiger partial charge in [-0.05, 0) is 31.9 Å². The highest BCUT2D eigenvalue weighted by Gasteiger charge is 2.31. The SMILES string of the molecule is CNC(=O)CCOCCOCCNC1CCN(C(=O)CCn2c3c(c4cccnc42)C(C)N(C)N(C)C3)CC1. The fourth-order valence-corrected chi connectivity index (χ4v) is 5.58. The Morgan fingerprint density at radius 2 is 1.82 bits per heavy atom. The highest BCUT2D eigenvalue weighted by Crippen LogP contribution is 2.37. The number of nitrogens with zero attached hydrogens (tertiary/aromatic N) is 5. The van der Waals surface area contributed by atoms with Crippen molar-refractivity contribution in [1.82, 2.24) is 35.1 Å². The molecule has 2 aliphatic rings. The molecule has 4 heterocycles. The molecule has 0 bridgehead atoms. The first-order valence-electron chi connectivity index (χ1n) is 14.2. The van der Waals surface area contributed by atoms with Crippen LogP contribution < -0.4 is 10.6 Å². The molecule has 0 radical (unpaired) electrons. The zero-order valence-electron chi connectivity index (χ0n) is 23.9. The number of amides is 2. The van der Waals surface area contributed by atoms with Crippen molar-refractivity contribution in [1.29, 1.82) is 0 Å². The lowest BCUT2D eigenvalue weighted by atomic mass is 10.0. The molecule has 0 spiro atoms. The summed E-state index contributed by atoms with van der Waals surface area (Å²) in [4.78, 5) is 31.0. The summed E-state index contributed by atoms with van der Waals surface area (Å²) in [7, 11) is 5.85. The van der Waals surface area contributed by atoms with Crippen molar-refractivity contribution in [2.24, 2.45) is 0 Å². The fraction of sp³-hybridized carbons (Fsp3) is 0.679. The number of rotatable bonds is 13. The normalized spacial score (nSPS) is 19.0. The van der Waals surface area contributed by atoms with Crippen molar-refractivity contribution in [2.45, 2.75) is 57.8 Å². The van der Waals surface area contributed by atoms with E-state index in [1.54, 1.807) is 7.05 Å². The summed E-state index contributed by atoms with van der Waals surface area (Å²) in [5.41, 5.74) is 3.58. The van der Waals surface area contributed by atoms with Gasteiger partial charge in [0.1, 0.15) is 5.65 Å². The van der Waals surface area contributed by atoms with Gasteiger partial charge >= 0.3 is 0 Å². The monoisotopic (exact) mass is 543 g/mol. The molecular formula is C28H45N7O4. The molecule has 2 amide bonds. The molecule has 1 saturated heterocycles. The summed E-state index contributed by atoms with van der Waals surface area (Å²) in [6, 6.07) is 4.81. The van der Waals surface area contributed by atoms with E-state index in [0.29, 0.717) is 51.9 Å². The van der Waals surface area contributed by atoms with Gasteiger partial charge in [0.05, 0.1) is 33.0 Å². The average molecular weight is 544 g/mol. The van der Waals surface area contributed by atoms with Crippen molar-refractivity contribution in [3.63, 3.8) is 0 Å². The molecular weight excluding hydrogens is 498 g/mol. The van der Waals surface area contributed by atoms with Gasteiger partial charge < -0.3 is 29.6 Å². The van der Waals surface area contributed by atoms with E-state index in [0.717, 1.165) is 44.7 Å². The number of carbonyl (C=O) groups is 2. The van der Waals surface area contributed by atoms with Gasteiger partial charge in [0.15, 0.2) is 0 Å². The first kappa shape index (κ1) is 29.4. The molecule has 0 aliphatic carbocycles. The lowest BCUT2D eigenvalue weighted by Gasteiger charge is -2.39. The Kier molecular flexibility index (Phi) is 10.7. The number of piperidine rings is 1. The van der Waals surface area contributed by atoms with Crippen LogP contribution in [-0.4, -0.2) is 110 Å². The molecule has 2 N–H and O–H groups in total. The van der Waals surface area contributed by atoms with Crippen LogP contribution in [0, 0.1) is 0 Å². The Bertz CT molecular complexity index is 1100. The minimum atomic E-state index is -0.0193. The van der Waals surface area contributed by atoms with Crippen LogP contribution in [0.1, 0.15) is 49.9 Å². The molecule has 1 atom stereocenters. The quantitative estimate of drug-likeness (QED) is 0.367. The molecule has 216 valence electrons. The molecule has 11 nitrogen and oxygen atoms in total. The third-order valence-corrected chi connectivity index (χ3v) is 8.07. The summed E-state index contributed by atoms with van der Waals surface area (Å²) < 4.78 is 13.3. The Hall–Kier alpha value is -2.57. The summed E-state index contributed by atoms with van der Waals surface area (Å²) >= 11 is 0. The van der Waals surface area contributed by atoms with Crippen LogP contribution in [0.3, 0.4) is 0 Å². The number of hydrazine groups is 1. The van der Waals surface area contributed by atoms with Crippen LogP contribution in [0.15, 0.2) is 18.3 Å². The van der Waals surface area contributed by atoms with Crippen molar-refractivity contribution < 1.29 is 19.1 Å². The van der Waals surface area contributed by atoms with Gasteiger partial charge in [-0.2, -0.15) is 0 Å². The predicted octanol–water partition coefficient (Wildman–Crippen LogP) is 1.53. The first-order valence-corrected chi connectivity index (χ1v) is 14.2. The van der Waals surface area contributed by atoms with E-state index in [2.05, 4.69) is 52.3 Å². The number of pyridine rings is 1. The van der Waals surface area contributed by atoms with Crippen molar-refractivity contribution in [3.8, 4) is 0 Å². The molecule has 1 unspecified atom stereocenters. The van der Waals surface area contributed by atoms with Crippen LogP contribution in [0.25, 0.3) is 11.0 Å². The van der Waals surface area contributed by atoms with E-state index in [9.17, 15) is 9.59 Å². The third kappa shape index (κ3) is 7.34. The standard InChI is InChI=1S/C28H45N7O4/c1-21-27-23-6-5-11-31-28(23)35(24(27)20-32(3)33(21)4)15-9-26(37)34-13-7-22(8-14-34)30-12-17-39-19-18-38-16-10-25(36)29-2/h5-6,11,21-22,30H,7-10,12-20H2,1-4H3,(H,29,36). The second-order valence-electron chi connectivity index (χ2n) is 10.5. The topological polar surface area (TPSA) is 104 Å². The molecule has 2 aromatic heterocycles. The van der Waals surface area contributed by atoms with E-state index in [4.69, 9.17) is 14.5 Å².